The molecule has 0 saturated carbocycles. The Balaban J connectivity index is 1.69. The first-order valence-corrected chi connectivity index (χ1v) is 14.0. The van der Waals surface area contributed by atoms with E-state index >= 15 is 0 Å². The van der Waals surface area contributed by atoms with Crippen molar-refractivity contribution in [1.29, 1.82) is 5.26 Å². The highest BCUT2D eigenvalue weighted by Gasteiger charge is 2.30. The van der Waals surface area contributed by atoms with E-state index in [2.05, 4.69) is 24.7 Å². The molecule has 1 aliphatic heterocycles. The van der Waals surface area contributed by atoms with Gasteiger partial charge >= 0.3 is 10.5 Å². The highest BCUT2D eigenvalue weighted by atomic mass is 32.3. The lowest BCUT2D eigenvalue weighted by Crippen LogP contribution is -2.45. The van der Waals surface area contributed by atoms with Crippen molar-refractivity contribution in [3.8, 4) is 28.7 Å². The number of halogens is 1. The maximum atomic E-state index is 14.1. The third-order valence-electron chi connectivity index (χ3n) is 7.09. The van der Waals surface area contributed by atoms with Crippen molar-refractivity contribution in [2.24, 2.45) is 0 Å². The maximum Gasteiger partial charge on any atom is 0.488 e. The average Bonchev–Trinajstić information content (AvgIpc) is 3.25. The molecule has 1 aliphatic rings. The monoisotopic (exact) mass is 560 g/mol. The van der Waals surface area contributed by atoms with Crippen LogP contribution in [0.5, 0.6) is 11.5 Å². The van der Waals surface area contributed by atoms with Gasteiger partial charge in [-0.15, -0.1) is 0 Å². The first-order valence-electron chi connectivity index (χ1n) is 12.7. The van der Waals surface area contributed by atoms with E-state index in [4.69, 9.17) is 4.74 Å². The zero-order valence-corrected chi connectivity index (χ0v) is 22.8. The summed E-state index contributed by atoms with van der Waals surface area (Å²) in [5.74, 6) is 0.232. The summed E-state index contributed by atoms with van der Waals surface area (Å²) in [6.07, 6.45) is -0.231. The van der Waals surface area contributed by atoms with Gasteiger partial charge in [-0.25, -0.2) is 0 Å². The number of rotatable bonds is 6. The van der Waals surface area contributed by atoms with E-state index in [1.54, 1.807) is 36.4 Å². The average molecular weight is 561 g/mol. The molecule has 0 radical (unpaired) electrons. The number of pyridine rings is 1. The van der Waals surface area contributed by atoms with Gasteiger partial charge in [0.25, 0.3) is 0 Å². The SMILES string of the molecule is CC(C)Oc1cc2c(=O)c3c4ccc(C#N)cc4[nH]c3n(C3CN(C)C3)c2cc1-c1cccc(OS(=O)(=O)F)c1. The van der Waals surface area contributed by atoms with Crippen molar-refractivity contribution in [3.63, 3.8) is 0 Å². The summed E-state index contributed by atoms with van der Waals surface area (Å²) < 4.78 is 48.3. The Morgan fingerprint density at radius 2 is 1.88 bits per heavy atom. The number of aromatic amines is 1. The van der Waals surface area contributed by atoms with Crippen molar-refractivity contribution in [3.05, 3.63) is 70.4 Å². The van der Waals surface area contributed by atoms with Crippen molar-refractivity contribution in [2.45, 2.75) is 26.0 Å². The van der Waals surface area contributed by atoms with Crippen molar-refractivity contribution in [2.75, 3.05) is 20.1 Å². The molecule has 0 amide bonds. The molecule has 3 aromatic carbocycles. The summed E-state index contributed by atoms with van der Waals surface area (Å²) in [6.45, 7) is 5.26. The minimum absolute atomic E-state index is 0.0650. The van der Waals surface area contributed by atoms with Crippen LogP contribution in [0.1, 0.15) is 25.5 Å². The molecule has 3 heterocycles. The third-order valence-corrected chi connectivity index (χ3v) is 7.48. The number of benzene rings is 3. The molecular weight excluding hydrogens is 535 g/mol. The molecule has 6 rings (SSSR count). The lowest BCUT2D eigenvalue weighted by Gasteiger charge is -2.39. The molecule has 0 bridgehead atoms. The Morgan fingerprint density at radius 1 is 1.10 bits per heavy atom. The van der Waals surface area contributed by atoms with E-state index in [9.17, 15) is 22.4 Å². The number of hydrogen-bond acceptors (Lipinski definition) is 7. The molecule has 40 heavy (non-hydrogen) atoms. The normalized spacial score (nSPS) is 14.6. The predicted molar refractivity (Wildman–Crippen MR) is 151 cm³/mol. The van der Waals surface area contributed by atoms with E-state index in [1.807, 2.05) is 27.0 Å². The maximum absolute atomic E-state index is 14.1. The quantitative estimate of drug-likeness (QED) is 0.289. The number of aromatic nitrogens is 2. The summed E-state index contributed by atoms with van der Waals surface area (Å²) in [4.78, 5) is 19.6. The van der Waals surface area contributed by atoms with Crippen LogP contribution < -0.4 is 14.3 Å². The zero-order valence-electron chi connectivity index (χ0n) is 21.9. The number of fused-ring (bicyclic) bond motifs is 4. The topological polar surface area (TPSA) is 117 Å². The van der Waals surface area contributed by atoms with Crippen LogP contribution in [-0.2, 0) is 10.5 Å². The van der Waals surface area contributed by atoms with Gasteiger partial charge in [0.15, 0.2) is 5.43 Å². The number of nitrogens with one attached hydrogen (secondary N) is 1. The molecular formula is C29H25FN4O5S. The molecule has 1 N–H and O–H groups in total. The number of nitriles is 1. The van der Waals surface area contributed by atoms with Gasteiger partial charge in [-0.05, 0) is 62.9 Å². The molecule has 1 saturated heterocycles. The van der Waals surface area contributed by atoms with Crippen LogP contribution in [0, 0.1) is 11.3 Å². The fourth-order valence-corrected chi connectivity index (χ4v) is 5.82. The van der Waals surface area contributed by atoms with Crippen molar-refractivity contribution < 1.29 is 21.2 Å². The first kappa shape index (κ1) is 25.9. The Bertz CT molecular complexity index is 2040. The van der Waals surface area contributed by atoms with Gasteiger partial charge in [-0.1, -0.05) is 22.1 Å². The van der Waals surface area contributed by atoms with Crippen LogP contribution in [0.3, 0.4) is 0 Å². The van der Waals surface area contributed by atoms with Gasteiger partial charge in [0, 0.05) is 29.6 Å². The van der Waals surface area contributed by atoms with Gasteiger partial charge in [-0.2, -0.15) is 13.7 Å². The number of nitrogens with zero attached hydrogens (tertiary/aromatic N) is 3. The lowest BCUT2D eigenvalue weighted by atomic mass is 9.99. The Kier molecular flexibility index (Phi) is 6.05. The lowest BCUT2D eigenvalue weighted by molar-refractivity contribution is 0.146. The Hall–Kier alpha value is -4.40. The van der Waals surface area contributed by atoms with Gasteiger partial charge in [0.05, 0.1) is 40.1 Å². The summed E-state index contributed by atoms with van der Waals surface area (Å²) in [5.41, 5.74) is 3.44. The van der Waals surface area contributed by atoms with Crippen LogP contribution in [0.4, 0.5) is 3.89 Å². The molecule has 2 aromatic heterocycles. The number of likely N-dealkylation sites (tertiary alicyclic amines) is 1. The molecule has 5 aromatic rings. The number of ether oxygens (including phenoxy) is 1. The largest absolute Gasteiger partial charge is 0.490 e. The van der Waals surface area contributed by atoms with Gasteiger partial charge in [0.2, 0.25) is 0 Å². The second kappa shape index (κ2) is 9.36. The van der Waals surface area contributed by atoms with E-state index in [0.717, 1.165) is 18.5 Å². The number of likely N-dealkylation sites (N-methyl/N-ethyl adjacent to an activating group) is 1. The molecule has 0 atom stereocenters. The molecule has 0 unspecified atom stereocenters. The summed E-state index contributed by atoms with van der Waals surface area (Å²) in [5, 5.41) is 11.1. The fourth-order valence-electron chi connectivity index (χ4n) is 5.48. The van der Waals surface area contributed by atoms with Crippen LogP contribution in [0.25, 0.3) is 44.0 Å². The van der Waals surface area contributed by atoms with Crippen molar-refractivity contribution >= 4 is 43.3 Å². The third kappa shape index (κ3) is 4.45. The molecule has 204 valence electrons. The first-order chi connectivity index (χ1) is 19.0. The number of H-pyrrole nitrogens is 1. The van der Waals surface area contributed by atoms with Gasteiger partial charge in [-0.3, -0.25) is 4.79 Å². The molecule has 11 heteroatoms. The van der Waals surface area contributed by atoms with E-state index in [0.29, 0.717) is 49.9 Å². The van der Waals surface area contributed by atoms with E-state index in [-0.39, 0.29) is 23.3 Å². The van der Waals surface area contributed by atoms with Crippen LogP contribution in [0.2, 0.25) is 0 Å². The van der Waals surface area contributed by atoms with E-state index in [1.165, 1.54) is 12.1 Å². The summed E-state index contributed by atoms with van der Waals surface area (Å²) in [6, 6.07) is 17.0. The minimum atomic E-state index is -5.21. The predicted octanol–water partition coefficient (Wildman–Crippen LogP) is 5.04. The standard InChI is InChI=1S/C29H25FN4O5S/c1-16(2)38-26-12-23-25(11-22(26)18-5-4-6-20(10-18)39-40(30,36)37)34(19-14-33(3)15-19)29-27(28(23)35)21-8-7-17(13-31)9-24(21)32-29/h4-12,16,19,32H,14-15H2,1-3H3. The summed E-state index contributed by atoms with van der Waals surface area (Å²) in [7, 11) is -3.19. The Labute approximate surface area is 229 Å². The smallest absolute Gasteiger partial charge is 0.488 e. The summed E-state index contributed by atoms with van der Waals surface area (Å²) >= 11 is 0. The Morgan fingerprint density at radius 3 is 2.55 bits per heavy atom. The van der Waals surface area contributed by atoms with Gasteiger partial charge < -0.3 is 23.4 Å². The van der Waals surface area contributed by atoms with Crippen LogP contribution >= 0.6 is 0 Å². The van der Waals surface area contributed by atoms with Crippen LogP contribution in [0.15, 0.2) is 59.4 Å². The fraction of sp³-hybridized carbons (Fsp3) is 0.241. The second-order valence-corrected chi connectivity index (χ2v) is 11.3. The highest BCUT2D eigenvalue weighted by molar-refractivity contribution is 7.81. The second-order valence-electron chi connectivity index (χ2n) is 10.3. The molecule has 0 aliphatic carbocycles. The number of hydrogen-bond donors (Lipinski definition) is 1. The van der Waals surface area contributed by atoms with Crippen LogP contribution in [-0.4, -0.2) is 49.1 Å². The zero-order chi connectivity index (χ0) is 28.3. The van der Waals surface area contributed by atoms with Crippen molar-refractivity contribution in [1.82, 2.24) is 14.5 Å². The minimum Gasteiger partial charge on any atom is -0.490 e. The molecule has 9 nitrogen and oxygen atoms in total. The molecule has 0 spiro atoms. The molecule has 1 fully saturated rings. The van der Waals surface area contributed by atoms with E-state index < -0.39 is 10.5 Å². The van der Waals surface area contributed by atoms with Gasteiger partial charge in [0.1, 0.15) is 17.1 Å². The highest BCUT2D eigenvalue weighted by Crippen LogP contribution is 2.39.